The quantitative estimate of drug-likeness (QED) is 0.713. The Labute approximate surface area is 119 Å². The van der Waals surface area contributed by atoms with Gasteiger partial charge in [0.1, 0.15) is 0 Å². The van der Waals surface area contributed by atoms with E-state index in [-0.39, 0.29) is 5.56 Å². The molecule has 0 fully saturated rings. The van der Waals surface area contributed by atoms with Crippen molar-refractivity contribution in [2.24, 2.45) is 0 Å². The molecule has 0 radical (unpaired) electrons. The van der Waals surface area contributed by atoms with Crippen molar-refractivity contribution in [1.82, 2.24) is 14.9 Å². The molecule has 5 nitrogen and oxygen atoms in total. The molecule has 0 saturated carbocycles. The number of thioether (sulfide) groups is 1. The third-order valence-corrected chi connectivity index (χ3v) is 3.56. The number of anilines is 1. The van der Waals surface area contributed by atoms with Crippen LogP contribution in [0.15, 0.2) is 10.9 Å². The summed E-state index contributed by atoms with van der Waals surface area (Å²) in [6, 6.07) is 1.57. The predicted octanol–water partition coefficient (Wildman–Crippen LogP) is 1.78. The highest BCUT2D eigenvalue weighted by Gasteiger charge is 2.03. The smallest absolute Gasteiger partial charge is 0.252 e. The first-order chi connectivity index (χ1) is 8.97. The summed E-state index contributed by atoms with van der Waals surface area (Å²) >= 11 is 1.78. The van der Waals surface area contributed by atoms with Gasteiger partial charge < -0.3 is 10.2 Å². The van der Waals surface area contributed by atoms with E-state index >= 15 is 0 Å². The Morgan fingerprint density at radius 2 is 2.21 bits per heavy atom. The van der Waals surface area contributed by atoms with E-state index in [9.17, 15) is 4.79 Å². The molecule has 0 aromatic carbocycles. The summed E-state index contributed by atoms with van der Waals surface area (Å²) in [6.45, 7) is 6.10. The van der Waals surface area contributed by atoms with Crippen LogP contribution in [0.25, 0.3) is 0 Å². The van der Waals surface area contributed by atoms with Crippen LogP contribution in [0, 0.1) is 0 Å². The van der Waals surface area contributed by atoms with Gasteiger partial charge >= 0.3 is 0 Å². The number of aromatic amines is 1. The molecule has 6 heteroatoms. The molecule has 19 heavy (non-hydrogen) atoms. The van der Waals surface area contributed by atoms with Crippen LogP contribution in [0.5, 0.6) is 0 Å². The van der Waals surface area contributed by atoms with Crippen LogP contribution in [0.3, 0.4) is 0 Å². The molecule has 0 atom stereocenters. The molecular formula is C13H24N4OS. The van der Waals surface area contributed by atoms with Crippen molar-refractivity contribution in [1.29, 1.82) is 0 Å². The van der Waals surface area contributed by atoms with Gasteiger partial charge in [0, 0.05) is 18.4 Å². The third kappa shape index (κ3) is 7.22. The summed E-state index contributed by atoms with van der Waals surface area (Å²) in [5.74, 6) is 1.35. The van der Waals surface area contributed by atoms with Crippen molar-refractivity contribution >= 4 is 17.7 Å². The number of hydrogen-bond donors (Lipinski definition) is 2. The minimum Gasteiger partial charge on any atom is -0.356 e. The molecule has 0 saturated heterocycles. The van der Waals surface area contributed by atoms with Crippen LogP contribution in [-0.4, -0.2) is 47.3 Å². The lowest BCUT2D eigenvalue weighted by Crippen LogP contribution is -2.19. The van der Waals surface area contributed by atoms with Gasteiger partial charge in [0.2, 0.25) is 5.95 Å². The van der Waals surface area contributed by atoms with E-state index in [1.165, 1.54) is 0 Å². The second-order valence-corrected chi connectivity index (χ2v) is 6.59. The molecular weight excluding hydrogens is 260 g/mol. The van der Waals surface area contributed by atoms with Gasteiger partial charge in [-0.3, -0.25) is 9.78 Å². The van der Waals surface area contributed by atoms with Crippen molar-refractivity contribution < 1.29 is 0 Å². The number of aromatic nitrogens is 2. The summed E-state index contributed by atoms with van der Waals surface area (Å²) in [4.78, 5) is 20.8. The first-order valence-electron chi connectivity index (χ1n) is 6.58. The van der Waals surface area contributed by atoms with Crippen LogP contribution in [-0.2, 0) is 5.75 Å². The number of rotatable bonds is 8. The van der Waals surface area contributed by atoms with Gasteiger partial charge in [-0.2, -0.15) is 11.8 Å². The van der Waals surface area contributed by atoms with Crippen molar-refractivity contribution in [3.63, 3.8) is 0 Å². The fraction of sp³-hybridized carbons (Fsp3) is 0.692. The van der Waals surface area contributed by atoms with E-state index in [2.05, 4.69) is 34.0 Å². The number of hydrogen-bond acceptors (Lipinski definition) is 5. The Bertz CT molecular complexity index is 431. The highest BCUT2D eigenvalue weighted by Crippen LogP contribution is 2.15. The Morgan fingerprint density at radius 1 is 1.47 bits per heavy atom. The molecule has 0 aliphatic heterocycles. The van der Waals surface area contributed by atoms with Crippen molar-refractivity contribution in [2.45, 2.75) is 31.3 Å². The number of nitrogens with one attached hydrogen (secondary N) is 2. The average molecular weight is 284 g/mol. The summed E-state index contributed by atoms with van der Waals surface area (Å²) in [5.41, 5.74) is 0.738. The zero-order valence-electron chi connectivity index (χ0n) is 12.2. The lowest BCUT2D eigenvalue weighted by atomic mass is 10.4. The molecule has 108 valence electrons. The highest BCUT2D eigenvalue weighted by molar-refractivity contribution is 7.99. The number of nitrogens with zero attached hydrogens (tertiary/aromatic N) is 2. The van der Waals surface area contributed by atoms with E-state index < -0.39 is 0 Å². The van der Waals surface area contributed by atoms with Crippen LogP contribution in [0.1, 0.15) is 26.0 Å². The fourth-order valence-electron chi connectivity index (χ4n) is 1.52. The van der Waals surface area contributed by atoms with Crippen LogP contribution >= 0.6 is 11.8 Å². The molecule has 0 aliphatic carbocycles. The van der Waals surface area contributed by atoms with Crippen molar-refractivity contribution in [3.05, 3.63) is 22.1 Å². The Morgan fingerprint density at radius 3 is 2.84 bits per heavy atom. The SMILES string of the molecule is CC(C)SCc1cc(=O)[nH]c(NCCCN(C)C)n1. The van der Waals surface area contributed by atoms with Gasteiger partial charge in [0.15, 0.2) is 0 Å². The van der Waals surface area contributed by atoms with Gasteiger partial charge in [-0.05, 0) is 32.3 Å². The van der Waals surface area contributed by atoms with Crippen LogP contribution < -0.4 is 10.9 Å². The monoisotopic (exact) mass is 284 g/mol. The lowest BCUT2D eigenvalue weighted by Gasteiger charge is -2.10. The van der Waals surface area contributed by atoms with Gasteiger partial charge in [-0.25, -0.2) is 4.98 Å². The molecule has 2 N–H and O–H groups in total. The summed E-state index contributed by atoms with van der Waals surface area (Å²) < 4.78 is 0. The molecule has 0 unspecified atom stereocenters. The Hall–Kier alpha value is -1.01. The maximum atomic E-state index is 11.5. The summed E-state index contributed by atoms with van der Waals surface area (Å²) in [6.07, 6.45) is 1.02. The molecule has 0 amide bonds. The maximum Gasteiger partial charge on any atom is 0.252 e. The first-order valence-corrected chi connectivity index (χ1v) is 7.62. The molecule has 1 rings (SSSR count). The Balaban J connectivity index is 2.51. The normalized spacial score (nSPS) is 11.3. The van der Waals surface area contributed by atoms with Crippen molar-refractivity contribution in [2.75, 3.05) is 32.5 Å². The lowest BCUT2D eigenvalue weighted by molar-refractivity contribution is 0.405. The molecule has 1 heterocycles. The second-order valence-electron chi connectivity index (χ2n) is 5.03. The second kappa shape index (κ2) is 8.22. The van der Waals surface area contributed by atoms with E-state index in [0.717, 1.165) is 31.0 Å². The molecule has 1 aromatic heterocycles. The molecule has 0 spiro atoms. The standard InChI is InChI=1S/C13H24N4OS/c1-10(2)19-9-11-8-12(18)16-13(15-11)14-6-5-7-17(3)4/h8,10H,5-7,9H2,1-4H3,(H2,14,15,16,18). The van der Waals surface area contributed by atoms with Gasteiger partial charge in [-0.1, -0.05) is 13.8 Å². The van der Waals surface area contributed by atoms with Gasteiger partial charge in [0.05, 0.1) is 5.69 Å². The zero-order chi connectivity index (χ0) is 14.3. The van der Waals surface area contributed by atoms with E-state index in [1.807, 2.05) is 14.1 Å². The highest BCUT2D eigenvalue weighted by atomic mass is 32.2. The minimum atomic E-state index is -0.0931. The van der Waals surface area contributed by atoms with Gasteiger partial charge in [0.25, 0.3) is 5.56 Å². The Kier molecular flexibility index (Phi) is 6.94. The average Bonchev–Trinajstić information content (AvgIpc) is 2.31. The summed E-state index contributed by atoms with van der Waals surface area (Å²) in [7, 11) is 4.09. The predicted molar refractivity (Wildman–Crippen MR) is 82.9 cm³/mol. The zero-order valence-corrected chi connectivity index (χ0v) is 13.0. The third-order valence-electron chi connectivity index (χ3n) is 2.43. The maximum absolute atomic E-state index is 11.5. The van der Waals surface area contributed by atoms with Crippen molar-refractivity contribution in [3.8, 4) is 0 Å². The first kappa shape index (κ1) is 16.0. The van der Waals surface area contributed by atoms with Crippen LogP contribution in [0.4, 0.5) is 5.95 Å². The summed E-state index contributed by atoms with van der Waals surface area (Å²) in [5, 5.41) is 3.71. The topological polar surface area (TPSA) is 61.0 Å². The minimum absolute atomic E-state index is 0.0931. The van der Waals surface area contributed by atoms with E-state index in [0.29, 0.717) is 11.2 Å². The molecule has 1 aromatic rings. The van der Waals surface area contributed by atoms with E-state index in [1.54, 1.807) is 17.8 Å². The number of H-pyrrole nitrogens is 1. The van der Waals surface area contributed by atoms with Gasteiger partial charge in [-0.15, -0.1) is 0 Å². The fourth-order valence-corrected chi connectivity index (χ4v) is 2.17. The largest absolute Gasteiger partial charge is 0.356 e. The molecule has 0 bridgehead atoms. The van der Waals surface area contributed by atoms with E-state index in [4.69, 9.17) is 0 Å². The van der Waals surface area contributed by atoms with Crippen LogP contribution in [0.2, 0.25) is 0 Å². The molecule has 0 aliphatic rings.